The Labute approximate surface area is 825 Å². The zero-order chi connectivity index (χ0) is 95.5. The fourth-order valence-electron chi connectivity index (χ4n) is 20.6. The molecule has 16 nitrogen and oxygen atoms in total. The summed E-state index contributed by atoms with van der Waals surface area (Å²) >= 11 is 0. The Bertz CT molecular complexity index is 9910. The summed E-state index contributed by atoms with van der Waals surface area (Å²) in [6.45, 7) is 0. The summed E-state index contributed by atoms with van der Waals surface area (Å²) in [5.74, 6) is 5.30. The molecule has 0 radical (unpaired) electrons. The number of furan rings is 7. The molecular weight excluding hydrogens is 1790 g/mol. The maximum Gasteiger partial charge on any atom is 0.167 e. The smallest absolute Gasteiger partial charge is 0.167 e. The molecule has 16 heteroatoms. The number of nitrogens with zero attached hydrogens (tertiary/aromatic N) is 9. The van der Waals surface area contributed by atoms with E-state index in [-0.39, 0.29) is 0 Å². The third-order valence-corrected chi connectivity index (χ3v) is 27.3. The Morgan fingerprint density at radius 2 is 0.303 bits per heavy atom. The maximum absolute atomic E-state index is 6.43. The molecule has 0 atom stereocenters. The van der Waals surface area contributed by atoms with Crippen LogP contribution in [0.25, 0.3) is 301 Å². The Morgan fingerprint density at radius 1 is 0.110 bits per heavy atom. The van der Waals surface area contributed by atoms with E-state index >= 15 is 0 Å². The van der Waals surface area contributed by atoms with E-state index in [0.29, 0.717) is 52.4 Å². The second-order valence-corrected chi connectivity index (χ2v) is 35.9. The van der Waals surface area contributed by atoms with Gasteiger partial charge in [0.25, 0.3) is 0 Å². The predicted octanol–water partition coefficient (Wildman–Crippen LogP) is 34.6. The number of hydrogen-bond donors (Lipinski definition) is 0. The first-order valence-electron chi connectivity index (χ1n) is 48.0. The van der Waals surface area contributed by atoms with Crippen molar-refractivity contribution in [3.63, 3.8) is 0 Å². The molecular formula is C129H75N9O7. The molecule has 678 valence electrons. The van der Waals surface area contributed by atoms with Gasteiger partial charge in [0, 0.05) is 120 Å². The topological polar surface area (TPSA) is 208 Å². The van der Waals surface area contributed by atoms with Crippen molar-refractivity contribution < 1.29 is 30.9 Å². The van der Waals surface area contributed by atoms with Gasteiger partial charge >= 0.3 is 0 Å². The highest BCUT2D eigenvalue weighted by atomic mass is 16.4. The fraction of sp³-hybridized carbons (Fsp3) is 0. The fourth-order valence-corrected chi connectivity index (χ4v) is 20.6. The number of para-hydroxylation sites is 8. The SMILES string of the molecule is c1ccc(-c2nc(-c3ccc(-c4cccc5oc6ccccc6c45)cc3)nc(-c3ccc(-c4cccc5oc6ccccc6c45)cc3)n2)cc1.c1ccc(-c2nc(-c3cccc(-c4cccc5oc6ccccc6c45)c3)nc(-c3cccc(-c4cccc5oc6ccccc6c45)c3)n2)cc1.c1ccc2c(c1)oc1c(-c3nc(-c4cccc5oc6ccccc6c45)nc(-c4cccc5oc6ccccc6c45)n3)cccc12. The van der Waals surface area contributed by atoms with Crippen molar-refractivity contribution in [1.29, 1.82) is 0 Å². The normalized spacial score (nSPS) is 11.7. The van der Waals surface area contributed by atoms with Crippen LogP contribution < -0.4 is 0 Å². The Balaban J connectivity index is 0.000000106. The Hall–Kier alpha value is -20.0. The van der Waals surface area contributed by atoms with Gasteiger partial charge in [-0.2, -0.15) is 0 Å². The Kier molecular flexibility index (Phi) is 19.8. The van der Waals surface area contributed by atoms with E-state index in [0.717, 1.165) is 248 Å². The summed E-state index contributed by atoms with van der Waals surface area (Å²) in [5, 5.41) is 14.8. The van der Waals surface area contributed by atoms with Gasteiger partial charge in [0.15, 0.2) is 52.4 Å². The minimum atomic E-state index is 0.522. The summed E-state index contributed by atoms with van der Waals surface area (Å²) in [5.41, 5.74) is 28.5. The predicted molar refractivity (Wildman–Crippen MR) is 581 cm³/mol. The standard InChI is InChI=1S/2C45H27N3O2.C39H21N3O3/c1-2-12-28(13-3-1)43-46-44(31-16-8-14-29(26-31)33-20-10-24-39-41(33)35-18-4-6-22-37(35)49-39)48-45(47-43)32-17-9-15-30(27-32)34-21-11-25-40-42(34)36-19-5-7-23-38(36)50-40;1-2-10-30(11-3-1)43-46-44(31-24-20-28(21-25-31)33-14-8-18-39-41(33)35-12-4-6-16-37(35)49-39)48-45(47-43)32-26-22-29(23-27-32)34-15-9-19-40-42(34)36-13-5-7-17-38(36)50-40;1-4-17-29-22(10-1)23-13-7-16-28(36(23)45-29)39-41-37(26-14-8-20-32-34(26)24-11-2-5-18-30(24)43-32)40-38(42-39)27-15-9-21-33-35(27)25-12-3-6-19-31(25)44-33/h2*1-27H;1-21H. The average Bonchev–Trinajstić information content (AvgIpc) is 1.63. The molecule has 0 fully saturated rings. The molecule has 0 amide bonds. The van der Waals surface area contributed by atoms with E-state index < -0.39 is 0 Å². The summed E-state index contributed by atoms with van der Waals surface area (Å²) < 4.78 is 43.6. The lowest BCUT2D eigenvalue weighted by Gasteiger charge is -2.11. The van der Waals surface area contributed by atoms with E-state index in [1.165, 1.54) is 0 Å². The Morgan fingerprint density at radius 3 is 0.628 bits per heavy atom. The van der Waals surface area contributed by atoms with Crippen molar-refractivity contribution in [3.8, 4) is 147 Å². The highest BCUT2D eigenvalue weighted by Crippen LogP contribution is 2.47. The van der Waals surface area contributed by atoms with E-state index in [1.54, 1.807) is 0 Å². The van der Waals surface area contributed by atoms with Crippen LogP contribution in [0.1, 0.15) is 0 Å². The number of aromatic nitrogens is 9. The minimum Gasteiger partial charge on any atom is -0.456 e. The third kappa shape index (κ3) is 14.7. The van der Waals surface area contributed by atoms with Crippen LogP contribution in [0.2, 0.25) is 0 Å². The van der Waals surface area contributed by atoms with Gasteiger partial charge in [0.2, 0.25) is 0 Å². The molecule has 0 aliphatic carbocycles. The maximum atomic E-state index is 6.43. The van der Waals surface area contributed by atoms with Gasteiger partial charge in [0.1, 0.15) is 78.2 Å². The molecule has 0 bridgehead atoms. The van der Waals surface area contributed by atoms with Crippen molar-refractivity contribution in [2.45, 2.75) is 0 Å². The third-order valence-electron chi connectivity index (χ3n) is 27.3. The molecule has 10 heterocycles. The first-order chi connectivity index (χ1) is 71.8. The lowest BCUT2D eigenvalue weighted by molar-refractivity contribution is 0.668. The number of rotatable bonds is 13. The van der Waals surface area contributed by atoms with Crippen LogP contribution in [0.15, 0.2) is 486 Å². The van der Waals surface area contributed by atoms with Gasteiger partial charge in [-0.05, 0) is 142 Å². The van der Waals surface area contributed by atoms with Crippen LogP contribution in [0.4, 0.5) is 0 Å². The molecule has 0 aliphatic heterocycles. The number of benzene rings is 20. The first-order valence-corrected chi connectivity index (χ1v) is 48.0. The molecule has 0 saturated carbocycles. The van der Waals surface area contributed by atoms with Crippen molar-refractivity contribution in [3.05, 3.63) is 455 Å². The van der Waals surface area contributed by atoms with Crippen LogP contribution in [0.3, 0.4) is 0 Å². The van der Waals surface area contributed by atoms with Crippen LogP contribution in [-0.2, 0) is 0 Å². The molecule has 10 aromatic heterocycles. The minimum absolute atomic E-state index is 0.522. The van der Waals surface area contributed by atoms with Crippen molar-refractivity contribution in [2.24, 2.45) is 0 Å². The quantitative estimate of drug-likeness (QED) is 0.105. The van der Waals surface area contributed by atoms with Crippen LogP contribution in [0, 0.1) is 0 Å². The average molecular weight is 1860 g/mol. The summed E-state index contributed by atoms with van der Waals surface area (Å²) in [6.07, 6.45) is 0. The molecule has 0 unspecified atom stereocenters. The van der Waals surface area contributed by atoms with Gasteiger partial charge < -0.3 is 30.9 Å². The lowest BCUT2D eigenvalue weighted by Crippen LogP contribution is -2.01. The second-order valence-electron chi connectivity index (χ2n) is 35.9. The van der Waals surface area contributed by atoms with Crippen molar-refractivity contribution in [1.82, 2.24) is 44.9 Å². The lowest BCUT2D eigenvalue weighted by atomic mass is 9.97. The van der Waals surface area contributed by atoms with Crippen molar-refractivity contribution in [2.75, 3.05) is 0 Å². The number of fused-ring (bicyclic) bond motifs is 21. The molecule has 30 aromatic rings. The summed E-state index contributed by atoms with van der Waals surface area (Å²) in [6, 6.07) is 154. The van der Waals surface area contributed by atoms with Crippen LogP contribution in [-0.4, -0.2) is 44.9 Å². The highest BCUT2D eigenvalue weighted by Gasteiger charge is 2.27. The highest BCUT2D eigenvalue weighted by molar-refractivity contribution is 6.19. The molecule has 0 saturated heterocycles. The molecule has 145 heavy (non-hydrogen) atoms. The van der Waals surface area contributed by atoms with Gasteiger partial charge in [-0.15, -0.1) is 0 Å². The largest absolute Gasteiger partial charge is 0.456 e. The molecule has 0 aliphatic rings. The van der Waals surface area contributed by atoms with E-state index in [2.05, 4.69) is 194 Å². The summed E-state index contributed by atoms with van der Waals surface area (Å²) in [7, 11) is 0. The zero-order valence-corrected chi connectivity index (χ0v) is 77.2. The van der Waals surface area contributed by atoms with E-state index in [9.17, 15) is 0 Å². The second kappa shape index (κ2) is 34.6. The van der Waals surface area contributed by atoms with Crippen LogP contribution in [0.5, 0.6) is 0 Å². The molecule has 20 aromatic carbocycles. The van der Waals surface area contributed by atoms with Crippen molar-refractivity contribution >= 4 is 154 Å². The van der Waals surface area contributed by atoms with E-state index in [1.807, 2.05) is 261 Å². The van der Waals surface area contributed by atoms with Gasteiger partial charge in [0.05, 0.1) is 5.56 Å². The molecule has 0 spiro atoms. The number of hydrogen-bond acceptors (Lipinski definition) is 16. The van der Waals surface area contributed by atoms with Crippen LogP contribution >= 0.6 is 0 Å². The monoisotopic (exact) mass is 1860 g/mol. The first kappa shape index (κ1) is 83.2. The molecule has 30 rings (SSSR count). The van der Waals surface area contributed by atoms with Gasteiger partial charge in [-0.25, -0.2) is 44.9 Å². The van der Waals surface area contributed by atoms with E-state index in [4.69, 9.17) is 75.8 Å². The summed E-state index contributed by atoms with van der Waals surface area (Å²) in [4.78, 5) is 45.6. The zero-order valence-electron chi connectivity index (χ0n) is 77.2. The van der Waals surface area contributed by atoms with Gasteiger partial charge in [-0.3, -0.25) is 0 Å². The molecule has 0 N–H and O–H groups in total. The van der Waals surface area contributed by atoms with Gasteiger partial charge in [-0.1, -0.05) is 358 Å².